The van der Waals surface area contributed by atoms with Crippen molar-refractivity contribution in [3.63, 3.8) is 0 Å². The molecule has 1 fully saturated rings. The number of benzene rings is 1. The molecule has 8 heteroatoms. The van der Waals surface area contributed by atoms with Gasteiger partial charge >= 0.3 is 0 Å². The van der Waals surface area contributed by atoms with Crippen molar-refractivity contribution >= 4 is 15.7 Å². The van der Waals surface area contributed by atoms with Crippen LogP contribution in [0.1, 0.15) is 35.2 Å². The summed E-state index contributed by atoms with van der Waals surface area (Å²) < 4.78 is 37.4. The highest BCUT2D eigenvalue weighted by Crippen LogP contribution is 2.21. The highest BCUT2D eigenvalue weighted by atomic mass is 32.2. The van der Waals surface area contributed by atoms with Crippen LogP contribution in [0.4, 0.5) is 4.39 Å². The lowest BCUT2D eigenvalue weighted by atomic mass is 9.99. The Labute approximate surface area is 163 Å². The molecule has 1 amide bonds. The molecule has 0 radical (unpaired) electrons. The number of sulfone groups is 1. The maximum atomic E-state index is 13.1. The van der Waals surface area contributed by atoms with Crippen LogP contribution in [0.25, 0.3) is 5.69 Å². The monoisotopic (exact) mass is 406 g/mol. The Hall–Kier alpha value is -2.48. The van der Waals surface area contributed by atoms with E-state index in [2.05, 4.69) is 5.32 Å². The van der Waals surface area contributed by atoms with Crippen molar-refractivity contribution in [3.8, 4) is 5.69 Å². The number of aromatic nitrogens is 1. The largest absolute Gasteiger partial charge is 0.352 e. The lowest BCUT2D eigenvalue weighted by molar-refractivity contribution is 0.0948. The molecule has 150 valence electrons. The molecule has 2 aromatic rings. The summed E-state index contributed by atoms with van der Waals surface area (Å²) >= 11 is 0. The standard InChI is InChI=1S/C20H23FN2O4S/c1-14-7-11-23(17-4-2-16(21)3-5-17)20(25)18(14)19(24)22-10-6-15-8-12-28(26,27)13-9-15/h2-5,7,11,15H,6,8-10,12-13H2,1H3,(H,22,24). The number of pyridine rings is 1. The van der Waals surface area contributed by atoms with Crippen LogP contribution in [0.2, 0.25) is 0 Å². The molecule has 0 atom stereocenters. The summed E-state index contributed by atoms with van der Waals surface area (Å²) in [5.74, 6) is -0.200. The SMILES string of the molecule is Cc1ccn(-c2ccc(F)cc2)c(=O)c1C(=O)NCCC1CCS(=O)(=O)CC1. The minimum absolute atomic E-state index is 0.0537. The van der Waals surface area contributed by atoms with Gasteiger partial charge in [-0.05, 0) is 68.0 Å². The molecule has 6 nitrogen and oxygen atoms in total. The summed E-state index contributed by atoms with van der Waals surface area (Å²) in [4.78, 5) is 25.4. The van der Waals surface area contributed by atoms with Crippen LogP contribution in [0.15, 0.2) is 41.3 Å². The van der Waals surface area contributed by atoms with E-state index in [0.29, 0.717) is 37.1 Å². The third-order valence-electron chi connectivity index (χ3n) is 5.14. The van der Waals surface area contributed by atoms with Crippen molar-refractivity contribution in [1.29, 1.82) is 0 Å². The zero-order valence-corrected chi connectivity index (χ0v) is 16.5. The summed E-state index contributed by atoms with van der Waals surface area (Å²) in [7, 11) is -2.90. The Morgan fingerprint density at radius 3 is 2.46 bits per heavy atom. The van der Waals surface area contributed by atoms with Crippen molar-refractivity contribution in [2.24, 2.45) is 5.92 Å². The molecular formula is C20H23FN2O4S. The Balaban J connectivity index is 1.69. The molecule has 1 aromatic heterocycles. The second-order valence-corrected chi connectivity index (χ2v) is 9.47. The molecule has 1 aliphatic heterocycles. The summed E-state index contributed by atoms with van der Waals surface area (Å²) in [6, 6.07) is 7.14. The first-order valence-electron chi connectivity index (χ1n) is 9.24. The lowest BCUT2D eigenvalue weighted by Gasteiger charge is -2.21. The number of amides is 1. The highest BCUT2D eigenvalue weighted by Gasteiger charge is 2.23. The van der Waals surface area contributed by atoms with Crippen molar-refractivity contribution in [3.05, 3.63) is 63.8 Å². The van der Waals surface area contributed by atoms with E-state index >= 15 is 0 Å². The van der Waals surface area contributed by atoms with Crippen LogP contribution in [-0.2, 0) is 9.84 Å². The number of carbonyl (C=O) groups is 1. The minimum Gasteiger partial charge on any atom is -0.352 e. The van der Waals surface area contributed by atoms with E-state index in [1.54, 1.807) is 19.2 Å². The number of nitrogens with one attached hydrogen (secondary N) is 1. The average molecular weight is 406 g/mol. The van der Waals surface area contributed by atoms with Gasteiger partial charge in [-0.3, -0.25) is 14.2 Å². The van der Waals surface area contributed by atoms with Gasteiger partial charge in [-0.25, -0.2) is 12.8 Å². The number of aryl methyl sites for hydroxylation is 1. The molecular weight excluding hydrogens is 383 g/mol. The van der Waals surface area contributed by atoms with E-state index < -0.39 is 27.1 Å². The summed E-state index contributed by atoms with van der Waals surface area (Å²) in [6.45, 7) is 2.07. The third-order valence-corrected chi connectivity index (χ3v) is 6.86. The molecule has 28 heavy (non-hydrogen) atoms. The second-order valence-electron chi connectivity index (χ2n) is 7.17. The smallest absolute Gasteiger partial charge is 0.268 e. The first-order chi connectivity index (χ1) is 13.3. The average Bonchev–Trinajstić information content (AvgIpc) is 2.64. The van der Waals surface area contributed by atoms with Gasteiger partial charge < -0.3 is 5.32 Å². The van der Waals surface area contributed by atoms with Crippen LogP contribution in [0.5, 0.6) is 0 Å². The summed E-state index contributed by atoms with van der Waals surface area (Å²) in [5.41, 5.74) is 0.624. The lowest BCUT2D eigenvalue weighted by Crippen LogP contribution is -2.35. The van der Waals surface area contributed by atoms with Gasteiger partial charge in [0.1, 0.15) is 21.2 Å². The second kappa shape index (κ2) is 8.26. The van der Waals surface area contributed by atoms with Gasteiger partial charge in [-0.15, -0.1) is 0 Å². The van der Waals surface area contributed by atoms with Crippen LogP contribution < -0.4 is 10.9 Å². The maximum Gasteiger partial charge on any atom is 0.268 e. The predicted octanol–water partition coefficient (Wildman–Crippen LogP) is 2.23. The molecule has 0 spiro atoms. The fourth-order valence-corrected chi connectivity index (χ4v) is 5.00. The highest BCUT2D eigenvalue weighted by molar-refractivity contribution is 7.91. The van der Waals surface area contributed by atoms with Crippen LogP contribution in [0, 0.1) is 18.7 Å². The zero-order valence-electron chi connectivity index (χ0n) is 15.7. The van der Waals surface area contributed by atoms with Crippen molar-refractivity contribution in [1.82, 2.24) is 9.88 Å². The normalized spacial score (nSPS) is 16.6. The van der Waals surface area contributed by atoms with Gasteiger partial charge in [-0.1, -0.05) is 0 Å². The van der Waals surface area contributed by atoms with E-state index in [1.165, 1.54) is 28.8 Å². The van der Waals surface area contributed by atoms with E-state index in [9.17, 15) is 22.4 Å². The molecule has 1 aromatic carbocycles. The fraction of sp³-hybridized carbons (Fsp3) is 0.400. The number of hydrogen-bond donors (Lipinski definition) is 1. The number of hydrogen-bond acceptors (Lipinski definition) is 4. The van der Waals surface area contributed by atoms with Gasteiger partial charge in [-0.2, -0.15) is 0 Å². The van der Waals surface area contributed by atoms with Gasteiger partial charge in [0.15, 0.2) is 0 Å². The molecule has 1 saturated heterocycles. The first kappa shape index (κ1) is 20.3. The molecule has 1 aliphatic rings. The van der Waals surface area contributed by atoms with Crippen molar-refractivity contribution in [2.45, 2.75) is 26.2 Å². The molecule has 3 rings (SSSR count). The molecule has 0 aliphatic carbocycles. The first-order valence-corrected chi connectivity index (χ1v) is 11.1. The fourth-order valence-electron chi connectivity index (χ4n) is 3.41. The predicted molar refractivity (Wildman–Crippen MR) is 105 cm³/mol. The number of rotatable bonds is 5. The van der Waals surface area contributed by atoms with E-state index in [1.807, 2.05) is 0 Å². The Morgan fingerprint density at radius 1 is 1.18 bits per heavy atom. The quantitative estimate of drug-likeness (QED) is 0.825. The van der Waals surface area contributed by atoms with Gasteiger partial charge in [0.05, 0.1) is 11.5 Å². The molecule has 0 unspecified atom stereocenters. The summed E-state index contributed by atoms with van der Waals surface area (Å²) in [5, 5.41) is 2.77. The minimum atomic E-state index is -2.90. The third kappa shape index (κ3) is 4.67. The molecule has 1 N–H and O–H groups in total. The molecule has 0 saturated carbocycles. The molecule has 2 heterocycles. The Bertz CT molecular complexity index is 1020. The van der Waals surface area contributed by atoms with Crippen molar-refractivity contribution in [2.75, 3.05) is 18.1 Å². The van der Waals surface area contributed by atoms with Gasteiger partial charge in [0.25, 0.3) is 11.5 Å². The zero-order chi connectivity index (χ0) is 20.3. The Kier molecular flexibility index (Phi) is 5.98. The number of halogens is 1. The van der Waals surface area contributed by atoms with Crippen LogP contribution in [0.3, 0.4) is 0 Å². The van der Waals surface area contributed by atoms with Gasteiger partial charge in [0, 0.05) is 18.4 Å². The van der Waals surface area contributed by atoms with Crippen molar-refractivity contribution < 1.29 is 17.6 Å². The summed E-state index contributed by atoms with van der Waals surface area (Å²) in [6.07, 6.45) is 3.46. The van der Waals surface area contributed by atoms with Gasteiger partial charge in [0.2, 0.25) is 0 Å². The maximum absolute atomic E-state index is 13.1. The number of nitrogens with zero attached hydrogens (tertiary/aromatic N) is 1. The number of carbonyl (C=O) groups excluding carboxylic acids is 1. The topological polar surface area (TPSA) is 85.2 Å². The molecule has 0 bridgehead atoms. The van der Waals surface area contributed by atoms with E-state index in [-0.39, 0.29) is 23.0 Å². The van der Waals surface area contributed by atoms with Crippen LogP contribution in [-0.4, -0.2) is 36.9 Å². The Morgan fingerprint density at radius 2 is 1.82 bits per heavy atom. The van der Waals surface area contributed by atoms with Crippen LogP contribution >= 0.6 is 0 Å². The van der Waals surface area contributed by atoms with E-state index in [4.69, 9.17) is 0 Å². The van der Waals surface area contributed by atoms with E-state index in [0.717, 1.165) is 0 Å².